The Morgan fingerprint density at radius 1 is 0.429 bits per heavy atom. The Hall–Kier alpha value is -5.78. The predicted molar refractivity (Wildman–Crippen MR) is 175 cm³/mol. The highest BCUT2D eigenvalue weighted by molar-refractivity contribution is 6.22. The first-order chi connectivity index (χ1) is 20.8. The molecule has 2 nitrogen and oxygen atoms in total. The lowest BCUT2D eigenvalue weighted by Gasteiger charge is -2.18. The average molecular weight is 533 g/mol. The molecule has 0 aliphatic carbocycles. The van der Waals surface area contributed by atoms with Gasteiger partial charge in [-0.05, 0) is 95.7 Å². The van der Waals surface area contributed by atoms with E-state index in [4.69, 9.17) is 0 Å². The Morgan fingerprint density at radius 2 is 0.905 bits per heavy atom. The van der Waals surface area contributed by atoms with Crippen molar-refractivity contribution in [3.8, 4) is 39.6 Å². The highest BCUT2D eigenvalue weighted by Crippen LogP contribution is 2.44. The van der Waals surface area contributed by atoms with E-state index in [1.54, 1.807) is 12.3 Å². The molecule has 0 saturated heterocycles. The zero-order valence-corrected chi connectivity index (χ0v) is 22.8. The lowest BCUT2D eigenvalue weighted by Crippen LogP contribution is -1.91. The lowest BCUT2D eigenvalue weighted by molar-refractivity contribution is 1.31. The van der Waals surface area contributed by atoms with Gasteiger partial charge in [0, 0.05) is 11.8 Å². The van der Waals surface area contributed by atoms with Crippen molar-refractivity contribution in [3.63, 3.8) is 0 Å². The SMILES string of the molecule is N#Cc1ccnc(-c2ccc3ccc(-c4c5ccccc5c(-c5ccc6ccccc6c5)c5ccccc45)cc3c2)c1. The van der Waals surface area contributed by atoms with E-state index in [0.717, 1.165) is 16.6 Å². The van der Waals surface area contributed by atoms with Gasteiger partial charge in [0.15, 0.2) is 0 Å². The van der Waals surface area contributed by atoms with Crippen LogP contribution in [0.3, 0.4) is 0 Å². The summed E-state index contributed by atoms with van der Waals surface area (Å²) in [6, 6.07) is 51.8. The third-order valence-electron chi connectivity index (χ3n) is 8.28. The van der Waals surface area contributed by atoms with E-state index < -0.39 is 0 Å². The Balaban J connectivity index is 1.38. The molecule has 42 heavy (non-hydrogen) atoms. The summed E-state index contributed by atoms with van der Waals surface area (Å²) in [6.07, 6.45) is 1.70. The minimum absolute atomic E-state index is 0.610. The first-order valence-corrected chi connectivity index (χ1v) is 14.1. The van der Waals surface area contributed by atoms with Crippen LogP contribution >= 0.6 is 0 Å². The molecule has 0 bridgehead atoms. The molecule has 0 fully saturated rings. The molecule has 1 aromatic heterocycles. The van der Waals surface area contributed by atoms with E-state index in [0.29, 0.717) is 5.56 Å². The maximum atomic E-state index is 9.38. The van der Waals surface area contributed by atoms with Gasteiger partial charge < -0.3 is 0 Å². The molecular weight excluding hydrogens is 508 g/mol. The van der Waals surface area contributed by atoms with Crippen molar-refractivity contribution in [2.45, 2.75) is 0 Å². The van der Waals surface area contributed by atoms with Crippen molar-refractivity contribution in [1.29, 1.82) is 5.26 Å². The van der Waals surface area contributed by atoms with Crippen LogP contribution < -0.4 is 0 Å². The summed E-state index contributed by atoms with van der Waals surface area (Å²) >= 11 is 0. The summed E-state index contributed by atoms with van der Waals surface area (Å²) in [7, 11) is 0. The molecule has 0 aliphatic heterocycles. The Morgan fingerprint density at radius 3 is 1.50 bits per heavy atom. The van der Waals surface area contributed by atoms with Gasteiger partial charge in [0.05, 0.1) is 17.3 Å². The van der Waals surface area contributed by atoms with Gasteiger partial charge in [-0.3, -0.25) is 4.98 Å². The summed E-state index contributed by atoms with van der Waals surface area (Å²) in [5.74, 6) is 0. The van der Waals surface area contributed by atoms with Crippen molar-refractivity contribution in [3.05, 3.63) is 151 Å². The molecule has 7 aromatic carbocycles. The minimum Gasteiger partial charge on any atom is -0.256 e. The zero-order valence-electron chi connectivity index (χ0n) is 22.8. The maximum Gasteiger partial charge on any atom is 0.0992 e. The second kappa shape index (κ2) is 9.70. The summed E-state index contributed by atoms with van der Waals surface area (Å²) in [6.45, 7) is 0. The topological polar surface area (TPSA) is 36.7 Å². The van der Waals surface area contributed by atoms with Crippen molar-refractivity contribution < 1.29 is 0 Å². The van der Waals surface area contributed by atoms with Crippen LogP contribution in [-0.2, 0) is 0 Å². The van der Waals surface area contributed by atoms with E-state index >= 15 is 0 Å². The van der Waals surface area contributed by atoms with Gasteiger partial charge in [0.25, 0.3) is 0 Å². The molecule has 0 N–H and O–H groups in total. The smallest absolute Gasteiger partial charge is 0.0992 e. The summed E-state index contributed by atoms with van der Waals surface area (Å²) in [5.41, 5.74) is 7.32. The second-order valence-corrected chi connectivity index (χ2v) is 10.7. The quantitative estimate of drug-likeness (QED) is 0.212. The first-order valence-electron chi connectivity index (χ1n) is 14.1. The number of hydrogen-bond acceptors (Lipinski definition) is 2. The molecule has 1 heterocycles. The number of hydrogen-bond donors (Lipinski definition) is 0. The largest absolute Gasteiger partial charge is 0.256 e. The van der Waals surface area contributed by atoms with Crippen molar-refractivity contribution >= 4 is 43.1 Å². The number of nitrogens with zero attached hydrogens (tertiary/aromatic N) is 2. The second-order valence-electron chi connectivity index (χ2n) is 10.7. The molecule has 8 rings (SSSR count). The van der Waals surface area contributed by atoms with Gasteiger partial charge in [-0.1, -0.05) is 109 Å². The molecular formula is C40H24N2. The summed E-state index contributed by atoms with van der Waals surface area (Å²) in [4.78, 5) is 4.53. The van der Waals surface area contributed by atoms with E-state index in [1.165, 1.54) is 60.0 Å². The normalized spacial score (nSPS) is 11.3. The van der Waals surface area contributed by atoms with Crippen LogP contribution in [0, 0.1) is 11.3 Å². The van der Waals surface area contributed by atoms with Crippen LogP contribution in [0.1, 0.15) is 5.56 Å². The number of rotatable bonds is 3. The molecule has 0 atom stereocenters. The van der Waals surface area contributed by atoms with Crippen LogP contribution in [0.25, 0.3) is 76.6 Å². The molecule has 194 valence electrons. The van der Waals surface area contributed by atoms with Crippen LogP contribution in [0.15, 0.2) is 146 Å². The molecule has 2 heteroatoms. The lowest BCUT2D eigenvalue weighted by atomic mass is 9.85. The minimum atomic E-state index is 0.610. The molecule has 0 aliphatic rings. The van der Waals surface area contributed by atoms with Gasteiger partial charge in [-0.25, -0.2) is 0 Å². The maximum absolute atomic E-state index is 9.38. The predicted octanol–water partition coefficient (Wildman–Crippen LogP) is 10.6. The fraction of sp³-hybridized carbons (Fsp3) is 0. The third kappa shape index (κ3) is 3.91. The highest BCUT2D eigenvalue weighted by atomic mass is 14.7. The first kappa shape index (κ1) is 24.1. The molecule has 8 aromatic rings. The summed E-state index contributed by atoms with van der Waals surface area (Å²) in [5, 5.41) is 19.1. The van der Waals surface area contributed by atoms with Gasteiger partial charge in [0.1, 0.15) is 0 Å². The Bertz CT molecular complexity index is 2320. The van der Waals surface area contributed by atoms with Crippen molar-refractivity contribution in [1.82, 2.24) is 4.98 Å². The number of pyridine rings is 1. The highest BCUT2D eigenvalue weighted by Gasteiger charge is 2.17. The zero-order chi connectivity index (χ0) is 28.0. The Kier molecular flexibility index (Phi) is 5.55. The number of aromatic nitrogens is 1. The van der Waals surface area contributed by atoms with Gasteiger partial charge in [-0.2, -0.15) is 5.26 Å². The monoisotopic (exact) mass is 532 g/mol. The molecule has 0 unspecified atom stereocenters. The van der Waals surface area contributed by atoms with E-state index in [-0.39, 0.29) is 0 Å². The fourth-order valence-corrected chi connectivity index (χ4v) is 6.31. The fourth-order valence-electron chi connectivity index (χ4n) is 6.31. The van der Waals surface area contributed by atoms with Crippen LogP contribution in [0.2, 0.25) is 0 Å². The van der Waals surface area contributed by atoms with E-state index in [9.17, 15) is 5.26 Å². The number of fused-ring (bicyclic) bond motifs is 4. The van der Waals surface area contributed by atoms with E-state index in [1.807, 2.05) is 6.07 Å². The van der Waals surface area contributed by atoms with Gasteiger partial charge in [0.2, 0.25) is 0 Å². The standard InChI is InChI=1S/C40H24N2/c41-25-26-19-20-42-38(21-26)30-16-13-28-15-18-32(24-33(28)23-30)40-36-11-5-3-9-34(36)39(35-10-4-6-12-37(35)40)31-17-14-27-7-1-2-8-29(27)22-31/h1-24H. The average Bonchev–Trinajstić information content (AvgIpc) is 3.06. The van der Waals surface area contributed by atoms with Gasteiger partial charge >= 0.3 is 0 Å². The van der Waals surface area contributed by atoms with Crippen LogP contribution in [-0.4, -0.2) is 4.98 Å². The van der Waals surface area contributed by atoms with Crippen LogP contribution in [0.5, 0.6) is 0 Å². The van der Waals surface area contributed by atoms with Crippen molar-refractivity contribution in [2.75, 3.05) is 0 Å². The van der Waals surface area contributed by atoms with E-state index in [2.05, 4.69) is 138 Å². The van der Waals surface area contributed by atoms with Gasteiger partial charge in [-0.15, -0.1) is 0 Å². The summed E-state index contributed by atoms with van der Waals surface area (Å²) < 4.78 is 0. The molecule has 0 spiro atoms. The molecule has 0 radical (unpaired) electrons. The molecule has 0 amide bonds. The van der Waals surface area contributed by atoms with Crippen molar-refractivity contribution in [2.24, 2.45) is 0 Å². The Labute approximate surface area is 243 Å². The number of nitriles is 1. The molecule has 0 saturated carbocycles. The third-order valence-corrected chi connectivity index (χ3v) is 8.28. The number of benzene rings is 7. The van der Waals surface area contributed by atoms with Crippen LogP contribution in [0.4, 0.5) is 0 Å².